The smallest absolute Gasteiger partial charge is 0.252 e. The average molecular weight is 334 g/mol. The number of rotatable bonds is 4. The summed E-state index contributed by atoms with van der Waals surface area (Å²) in [4.78, 5) is 12.2. The molecule has 2 rings (SSSR count). The number of aryl methyl sites for hydroxylation is 1. The van der Waals surface area contributed by atoms with Crippen molar-refractivity contribution in [3.05, 3.63) is 63.6 Å². The van der Waals surface area contributed by atoms with Gasteiger partial charge >= 0.3 is 0 Å². The second-order valence-corrected chi connectivity index (χ2v) is 5.37. The van der Waals surface area contributed by atoms with E-state index < -0.39 is 0 Å². The maximum Gasteiger partial charge on any atom is 0.252 e. The van der Waals surface area contributed by atoms with Crippen molar-refractivity contribution in [3.8, 4) is 5.75 Å². The number of methoxy groups -OCH3 is 1. The third-order valence-electron chi connectivity index (χ3n) is 2.95. The monoisotopic (exact) mass is 333 g/mol. The highest BCUT2D eigenvalue weighted by Crippen LogP contribution is 2.22. The molecule has 0 spiro atoms. The molecule has 0 saturated carbocycles. The van der Waals surface area contributed by atoms with Gasteiger partial charge in [-0.05, 0) is 46.6 Å². The molecule has 0 saturated heterocycles. The molecule has 0 radical (unpaired) electrons. The van der Waals surface area contributed by atoms with Crippen LogP contribution in [0, 0.1) is 6.92 Å². The van der Waals surface area contributed by atoms with Crippen LogP contribution in [0.5, 0.6) is 5.75 Å². The summed E-state index contributed by atoms with van der Waals surface area (Å²) in [7, 11) is 1.58. The van der Waals surface area contributed by atoms with Gasteiger partial charge in [0.2, 0.25) is 0 Å². The van der Waals surface area contributed by atoms with Gasteiger partial charge in [0.1, 0.15) is 5.75 Å². The van der Waals surface area contributed by atoms with Crippen LogP contribution < -0.4 is 10.1 Å². The van der Waals surface area contributed by atoms with Crippen LogP contribution in [0.3, 0.4) is 0 Å². The zero-order valence-corrected chi connectivity index (χ0v) is 13.0. The average Bonchev–Trinajstić information content (AvgIpc) is 2.45. The van der Waals surface area contributed by atoms with Gasteiger partial charge in [-0.15, -0.1) is 0 Å². The van der Waals surface area contributed by atoms with Crippen LogP contribution in [-0.4, -0.2) is 13.0 Å². The lowest BCUT2D eigenvalue weighted by atomic mass is 10.1. The SMILES string of the molecule is COc1ccc(Br)c(C(=O)NCc2cccc(C)c2)c1. The Labute approximate surface area is 127 Å². The molecule has 104 valence electrons. The Balaban J connectivity index is 2.08. The van der Waals surface area contributed by atoms with Gasteiger partial charge in [0.15, 0.2) is 0 Å². The second kappa shape index (κ2) is 6.57. The van der Waals surface area contributed by atoms with E-state index in [9.17, 15) is 4.79 Å². The zero-order valence-electron chi connectivity index (χ0n) is 11.4. The molecular formula is C16H16BrNO2. The van der Waals surface area contributed by atoms with E-state index in [4.69, 9.17) is 4.74 Å². The number of amides is 1. The molecule has 3 nitrogen and oxygen atoms in total. The second-order valence-electron chi connectivity index (χ2n) is 4.52. The standard InChI is InChI=1S/C16H16BrNO2/c1-11-4-3-5-12(8-11)10-18-16(19)14-9-13(20-2)6-7-15(14)17/h3-9H,10H2,1-2H3,(H,18,19). The van der Waals surface area contributed by atoms with Gasteiger partial charge in [0.05, 0.1) is 12.7 Å². The number of benzene rings is 2. The van der Waals surface area contributed by atoms with Crippen LogP contribution >= 0.6 is 15.9 Å². The van der Waals surface area contributed by atoms with Crippen molar-refractivity contribution in [1.29, 1.82) is 0 Å². The summed E-state index contributed by atoms with van der Waals surface area (Å²) in [5.41, 5.74) is 2.83. The van der Waals surface area contributed by atoms with Crippen molar-refractivity contribution in [3.63, 3.8) is 0 Å². The fraction of sp³-hybridized carbons (Fsp3) is 0.188. The van der Waals surface area contributed by atoms with Crippen LogP contribution in [0.4, 0.5) is 0 Å². The number of ether oxygens (including phenoxy) is 1. The molecule has 2 aromatic carbocycles. The first-order valence-corrected chi connectivity index (χ1v) is 7.06. The molecule has 0 aliphatic rings. The summed E-state index contributed by atoms with van der Waals surface area (Å²) >= 11 is 3.38. The van der Waals surface area contributed by atoms with Crippen LogP contribution in [0.2, 0.25) is 0 Å². The fourth-order valence-corrected chi connectivity index (χ4v) is 2.33. The third-order valence-corrected chi connectivity index (χ3v) is 3.65. The Hall–Kier alpha value is -1.81. The van der Waals surface area contributed by atoms with E-state index in [1.54, 1.807) is 25.3 Å². The highest BCUT2D eigenvalue weighted by Gasteiger charge is 2.11. The first-order chi connectivity index (χ1) is 9.60. The molecule has 0 aliphatic carbocycles. The summed E-state index contributed by atoms with van der Waals surface area (Å²) in [6.07, 6.45) is 0. The van der Waals surface area contributed by atoms with Crippen molar-refractivity contribution >= 4 is 21.8 Å². The number of carbonyl (C=O) groups excluding carboxylic acids is 1. The molecule has 2 aromatic rings. The van der Waals surface area contributed by atoms with Crippen molar-refractivity contribution < 1.29 is 9.53 Å². The fourth-order valence-electron chi connectivity index (χ4n) is 1.91. The van der Waals surface area contributed by atoms with Crippen LogP contribution in [0.15, 0.2) is 46.9 Å². The Morgan fingerprint density at radius 2 is 2.05 bits per heavy atom. The quantitative estimate of drug-likeness (QED) is 0.926. The Kier molecular flexibility index (Phi) is 4.79. The molecule has 0 bridgehead atoms. The largest absolute Gasteiger partial charge is 0.497 e. The maximum absolute atomic E-state index is 12.2. The minimum atomic E-state index is -0.128. The topological polar surface area (TPSA) is 38.3 Å². The number of hydrogen-bond donors (Lipinski definition) is 1. The van der Waals surface area contributed by atoms with Gasteiger partial charge in [-0.25, -0.2) is 0 Å². The van der Waals surface area contributed by atoms with E-state index in [1.807, 2.05) is 25.1 Å². The minimum absolute atomic E-state index is 0.128. The molecule has 1 N–H and O–H groups in total. The van der Waals surface area contributed by atoms with Gasteiger partial charge in [-0.3, -0.25) is 4.79 Å². The lowest BCUT2D eigenvalue weighted by Gasteiger charge is -2.09. The highest BCUT2D eigenvalue weighted by molar-refractivity contribution is 9.10. The molecule has 0 heterocycles. The molecule has 0 aliphatic heterocycles. The lowest BCUT2D eigenvalue weighted by molar-refractivity contribution is 0.0950. The van der Waals surface area contributed by atoms with Gasteiger partial charge in [0.25, 0.3) is 5.91 Å². The molecule has 0 aromatic heterocycles. The normalized spacial score (nSPS) is 10.2. The molecule has 0 atom stereocenters. The van der Waals surface area contributed by atoms with E-state index in [0.29, 0.717) is 17.9 Å². The summed E-state index contributed by atoms with van der Waals surface area (Å²) in [5.74, 6) is 0.534. The van der Waals surface area contributed by atoms with Crippen LogP contribution in [0.1, 0.15) is 21.5 Å². The van der Waals surface area contributed by atoms with Crippen molar-refractivity contribution in [1.82, 2.24) is 5.32 Å². The maximum atomic E-state index is 12.2. The highest BCUT2D eigenvalue weighted by atomic mass is 79.9. The summed E-state index contributed by atoms with van der Waals surface area (Å²) in [6.45, 7) is 2.54. The van der Waals surface area contributed by atoms with Gasteiger partial charge < -0.3 is 10.1 Å². The minimum Gasteiger partial charge on any atom is -0.497 e. The Morgan fingerprint density at radius 1 is 1.25 bits per heavy atom. The lowest BCUT2D eigenvalue weighted by Crippen LogP contribution is -2.23. The molecule has 0 unspecified atom stereocenters. The first-order valence-electron chi connectivity index (χ1n) is 6.27. The molecule has 20 heavy (non-hydrogen) atoms. The summed E-state index contributed by atoms with van der Waals surface area (Å²) in [5, 5.41) is 2.91. The summed E-state index contributed by atoms with van der Waals surface area (Å²) in [6, 6.07) is 13.4. The Bertz CT molecular complexity index is 626. The predicted octanol–water partition coefficient (Wildman–Crippen LogP) is 3.70. The number of halogens is 1. The molecular weight excluding hydrogens is 318 g/mol. The van der Waals surface area contributed by atoms with Crippen molar-refractivity contribution in [2.75, 3.05) is 7.11 Å². The van der Waals surface area contributed by atoms with Gasteiger partial charge in [-0.2, -0.15) is 0 Å². The third kappa shape index (κ3) is 3.61. The first kappa shape index (κ1) is 14.6. The number of hydrogen-bond acceptors (Lipinski definition) is 2. The van der Waals surface area contributed by atoms with E-state index in [2.05, 4.69) is 27.3 Å². The van der Waals surface area contributed by atoms with Crippen molar-refractivity contribution in [2.24, 2.45) is 0 Å². The number of nitrogens with one attached hydrogen (secondary N) is 1. The van der Waals surface area contributed by atoms with E-state index in [0.717, 1.165) is 10.0 Å². The van der Waals surface area contributed by atoms with E-state index in [1.165, 1.54) is 5.56 Å². The van der Waals surface area contributed by atoms with Gasteiger partial charge in [0, 0.05) is 11.0 Å². The van der Waals surface area contributed by atoms with E-state index in [-0.39, 0.29) is 5.91 Å². The zero-order chi connectivity index (χ0) is 14.5. The molecule has 4 heteroatoms. The molecule has 0 fully saturated rings. The van der Waals surface area contributed by atoms with Crippen LogP contribution in [0.25, 0.3) is 0 Å². The predicted molar refractivity (Wildman–Crippen MR) is 83.0 cm³/mol. The van der Waals surface area contributed by atoms with Gasteiger partial charge in [-0.1, -0.05) is 29.8 Å². The Morgan fingerprint density at radius 3 is 2.75 bits per heavy atom. The van der Waals surface area contributed by atoms with Crippen molar-refractivity contribution in [2.45, 2.75) is 13.5 Å². The van der Waals surface area contributed by atoms with E-state index >= 15 is 0 Å². The van der Waals surface area contributed by atoms with Crippen LogP contribution in [-0.2, 0) is 6.54 Å². The summed E-state index contributed by atoms with van der Waals surface area (Å²) < 4.78 is 5.89. The molecule has 1 amide bonds. The number of carbonyl (C=O) groups is 1.